The Balaban J connectivity index is 3.01. The van der Waals surface area contributed by atoms with Crippen molar-refractivity contribution < 1.29 is 14.0 Å². The Labute approximate surface area is 108 Å². The highest BCUT2D eigenvalue weighted by Gasteiger charge is 2.48. The van der Waals surface area contributed by atoms with Crippen molar-refractivity contribution in [3.63, 3.8) is 0 Å². The highest BCUT2D eigenvalue weighted by molar-refractivity contribution is 5.99. The van der Waals surface area contributed by atoms with Crippen LogP contribution in [0, 0.1) is 5.92 Å². The van der Waals surface area contributed by atoms with E-state index in [1.165, 1.54) is 0 Å². The average Bonchev–Trinajstić information content (AvgIpc) is 2.33. The van der Waals surface area contributed by atoms with Gasteiger partial charge in [-0.05, 0) is 25.7 Å². The van der Waals surface area contributed by atoms with Gasteiger partial charge in [0.1, 0.15) is 11.6 Å². The van der Waals surface area contributed by atoms with E-state index in [4.69, 9.17) is 0 Å². The number of rotatable bonds is 5. The molecule has 2 unspecified atom stereocenters. The number of alkyl halides is 1. The van der Waals surface area contributed by atoms with E-state index in [0.717, 1.165) is 0 Å². The van der Waals surface area contributed by atoms with Crippen molar-refractivity contribution in [1.82, 2.24) is 10.2 Å². The van der Waals surface area contributed by atoms with E-state index >= 15 is 0 Å². The molecule has 2 amide bonds. The summed E-state index contributed by atoms with van der Waals surface area (Å²) in [6.45, 7) is 7.23. The summed E-state index contributed by atoms with van der Waals surface area (Å²) >= 11 is 0. The summed E-state index contributed by atoms with van der Waals surface area (Å²) in [5, 5.41) is 2.79. The Hall–Kier alpha value is -1.13. The minimum Gasteiger partial charge on any atom is -0.342 e. The van der Waals surface area contributed by atoms with Crippen molar-refractivity contribution in [2.45, 2.75) is 52.1 Å². The van der Waals surface area contributed by atoms with Gasteiger partial charge in [-0.25, -0.2) is 0 Å². The third-order valence-electron chi connectivity index (χ3n) is 3.77. The van der Waals surface area contributed by atoms with E-state index in [1.807, 2.05) is 20.8 Å². The molecular formula is C13H23FN2O2. The Bertz CT molecular complexity index is 333. The summed E-state index contributed by atoms with van der Waals surface area (Å²) in [5.41, 5.74) is -0.850. The van der Waals surface area contributed by atoms with Crippen LogP contribution in [-0.2, 0) is 9.59 Å². The third kappa shape index (κ3) is 2.49. The topological polar surface area (TPSA) is 49.4 Å². The highest BCUT2D eigenvalue weighted by Crippen LogP contribution is 2.27. The van der Waals surface area contributed by atoms with Crippen molar-refractivity contribution in [2.75, 3.05) is 13.2 Å². The summed E-state index contributed by atoms with van der Waals surface area (Å²) in [7, 11) is 0. The summed E-state index contributed by atoms with van der Waals surface area (Å²) in [4.78, 5) is 26.1. The molecule has 1 fully saturated rings. The Kier molecular flexibility index (Phi) is 4.71. The lowest BCUT2D eigenvalue weighted by Gasteiger charge is -2.46. The largest absolute Gasteiger partial charge is 0.342 e. The maximum Gasteiger partial charge on any atom is 0.246 e. The lowest BCUT2D eigenvalue weighted by Crippen LogP contribution is -2.70. The predicted molar refractivity (Wildman–Crippen MR) is 67.8 cm³/mol. The standard InChI is InChI=1S/C13H23FN2O2/c1-5-13(4)12(18)15-10(9(2)3)11(17)16(13)8-6-7-14/h9-10H,5-8H2,1-4H3,(H,15,18). The first-order valence-electron chi connectivity index (χ1n) is 6.56. The van der Waals surface area contributed by atoms with Crippen molar-refractivity contribution in [2.24, 2.45) is 5.92 Å². The molecule has 1 heterocycles. The zero-order valence-corrected chi connectivity index (χ0v) is 11.6. The number of hydrogen-bond donors (Lipinski definition) is 1. The van der Waals surface area contributed by atoms with E-state index in [0.29, 0.717) is 13.0 Å². The predicted octanol–water partition coefficient (Wildman–Crippen LogP) is 1.50. The van der Waals surface area contributed by atoms with Gasteiger partial charge < -0.3 is 10.2 Å². The van der Waals surface area contributed by atoms with Gasteiger partial charge in [-0.1, -0.05) is 20.8 Å². The van der Waals surface area contributed by atoms with Crippen molar-refractivity contribution in [3.05, 3.63) is 0 Å². The van der Waals surface area contributed by atoms with Crippen LogP contribution >= 0.6 is 0 Å². The Morgan fingerprint density at radius 2 is 2.06 bits per heavy atom. The van der Waals surface area contributed by atoms with Crippen LogP contribution in [0.1, 0.15) is 40.5 Å². The van der Waals surface area contributed by atoms with E-state index in [2.05, 4.69) is 5.32 Å². The Morgan fingerprint density at radius 3 is 2.50 bits per heavy atom. The maximum atomic E-state index is 12.4. The fourth-order valence-corrected chi connectivity index (χ4v) is 2.27. The van der Waals surface area contributed by atoms with Gasteiger partial charge in [-0.15, -0.1) is 0 Å². The summed E-state index contributed by atoms with van der Waals surface area (Å²) in [6.07, 6.45) is 0.807. The van der Waals surface area contributed by atoms with Crippen LogP contribution < -0.4 is 5.32 Å². The van der Waals surface area contributed by atoms with E-state index in [-0.39, 0.29) is 24.2 Å². The second-order valence-corrected chi connectivity index (χ2v) is 5.35. The normalized spacial score (nSPS) is 28.8. The molecule has 0 saturated carbocycles. The molecule has 1 aliphatic heterocycles. The number of piperazine rings is 1. The average molecular weight is 258 g/mol. The third-order valence-corrected chi connectivity index (χ3v) is 3.77. The lowest BCUT2D eigenvalue weighted by atomic mass is 9.87. The van der Waals surface area contributed by atoms with Crippen molar-refractivity contribution in [3.8, 4) is 0 Å². The van der Waals surface area contributed by atoms with Crippen molar-refractivity contribution >= 4 is 11.8 Å². The van der Waals surface area contributed by atoms with Gasteiger partial charge in [-0.3, -0.25) is 14.0 Å². The van der Waals surface area contributed by atoms with Crippen LogP contribution in [0.2, 0.25) is 0 Å². The molecule has 2 atom stereocenters. The van der Waals surface area contributed by atoms with Crippen LogP contribution in [-0.4, -0.2) is 41.5 Å². The van der Waals surface area contributed by atoms with Crippen LogP contribution in [0.15, 0.2) is 0 Å². The van der Waals surface area contributed by atoms with Gasteiger partial charge in [0.05, 0.1) is 6.67 Å². The van der Waals surface area contributed by atoms with Gasteiger partial charge in [-0.2, -0.15) is 0 Å². The molecule has 104 valence electrons. The van der Waals surface area contributed by atoms with Gasteiger partial charge in [0.25, 0.3) is 0 Å². The number of nitrogens with one attached hydrogen (secondary N) is 1. The summed E-state index contributed by atoms with van der Waals surface area (Å²) in [5.74, 6) is -0.194. The Morgan fingerprint density at radius 1 is 1.44 bits per heavy atom. The molecule has 4 nitrogen and oxygen atoms in total. The molecule has 0 aliphatic carbocycles. The monoisotopic (exact) mass is 258 g/mol. The number of hydrogen-bond acceptors (Lipinski definition) is 2. The van der Waals surface area contributed by atoms with Crippen LogP contribution in [0.3, 0.4) is 0 Å². The van der Waals surface area contributed by atoms with Gasteiger partial charge in [0.2, 0.25) is 11.8 Å². The van der Waals surface area contributed by atoms with Crippen molar-refractivity contribution in [1.29, 1.82) is 0 Å². The van der Waals surface area contributed by atoms with Gasteiger partial charge in [0.15, 0.2) is 0 Å². The minimum atomic E-state index is -0.850. The zero-order valence-electron chi connectivity index (χ0n) is 11.6. The highest BCUT2D eigenvalue weighted by atomic mass is 19.1. The van der Waals surface area contributed by atoms with E-state index in [1.54, 1.807) is 11.8 Å². The zero-order chi connectivity index (χ0) is 13.9. The molecule has 1 saturated heterocycles. The second kappa shape index (κ2) is 5.67. The van der Waals surface area contributed by atoms with E-state index < -0.39 is 18.3 Å². The second-order valence-electron chi connectivity index (χ2n) is 5.35. The van der Waals surface area contributed by atoms with Gasteiger partial charge >= 0.3 is 0 Å². The molecule has 18 heavy (non-hydrogen) atoms. The number of carbonyl (C=O) groups is 2. The molecule has 0 bridgehead atoms. The lowest BCUT2D eigenvalue weighted by molar-refractivity contribution is -0.158. The maximum absolute atomic E-state index is 12.4. The molecule has 0 radical (unpaired) electrons. The van der Waals surface area contributed by atoms with Crippen LogP contribution in [0.5, 0.6) is 0 Å². The number of carbonyl (C=O) groups excluding carboxylic acids is 2. The molecular weight excluding hydrogens is 235 g/mol. The molecule has 5 heteroatoms. The molecule has 1 rings (SSSR count). The number of nitrogens with zero attached hydrogens (tertiary/aromatic N) is 1. The SMILES string of the molecule is CCC1(C)C(=O)NC(C(C)C)C(=O)N1CCCF. The minimum absolute atomic E-state index is 0.0377. The first-order chi connectivity index (χ1) is 8.38. The van der Waals surface area contributed by atoms with Crippen LogP contribution in [0.25, 0.3) is 0 Å². The quantitative estimate of drug-likeness (QED) is 0.812. The number of halogens is 1. The summed E-state index contributed by atoms with van der Waals surface area (Å²) in [6, 6.07) is -0.489. The van der Waals surface area contributed by atoms with E-state index in [9.17, 15) is 14.0 Å². The fraction of sp³-hybridized carbons (Fsp3) is 0.846. The smallest absolute Gasteiger partial charge is 0.246 e. The molecule has 0 aromatic rings. The van der Waals surface area contributed by atoms with Gasteiger partial charge in [0, 0.05) is 6.54 Å². The first kappa shape index (κ1) is 14.9. The fourth-order valence-electron chi connectivity index (χ4n) is 2.27. The molecule has 0 aromatic heterocycles. The molecule has 1 aliphatic rings. The molecule has 0 spiro atoms. The van der Waals surface area contributed by atoms with Crippen LogP contribution in [0.4, 0.5) is 4.39 Å². The summed E-state index contributed by atoms with van der Waals surface area (Å²) < 4.78 is 12.3. The first-order valence-corrected chi connectivity index (χ1v) is 6.56. The molecule has 1 N–H and O–H groups in total. The number of amides is 2. The molecule has 0 aromatic carbocycles.